The number of aromatic nitrogens is 2. The molecule has 18 heavy (non-hydrogen) atoms. The zero-order chi connectivity index (χ0) is 13.0. The van der Waals surface area contributed by atoms with Gasteiger partial charge in [-0.15, -0.1) is 0 Å². The molecule has 1 aliphatic rings. The van der Waals surface area contributed by atoms with Gasteiger partial charge in [-0.3, -0.25) is 0 Å². The van der Waals surface area contributed by atoms with Crippen LogP contribution in [0, 0.1) is 6.92 Å². The lowest BCUT2D eigenvalue weighted by Crippen LogP contribution is -2.36. The van der Waals surface area contributed by atoms with Gasteiger partial charge in [-0.1, -0.05) is 12.8 Å². The molecule has 1 aromatic heterocycles. The molecule has 0 amide bonds. The molecule has 0 radical (unpaired) electrons. The summed E-state index contributed by atoms with van der Waals surface area (Å²) in [5.41, 5.74) is 0. The molecule has 0 aliphatic heterocycles. The average molecular weight is 251 g/mol. The maximum absolute atomic E-state index is 9.94. The molecule has 0 spiro atoms. The molecule has 100 valence electrons. The summed E-state index contributed by atoms with van der Waals surface area (Å²) in [6.45, 7) is 4.35. The highest BCUT2D eigenvalue weighted by Crippen LogP contribution is 2.22. The van der Waals surface area contributed by atoms with Gasteiger partial charge in [-0.2, -0.15) is 4.98 Å². The average Bonchev–Trinajstić information content (AvgIpc) is 2.32. The van der Waals surface area contributed by atoms with Crippen LogP contribution >= 0.6 is 0 Å². The van der Waals surface area contributed by atoms with Crippen LogP contribution in [0.15, 0.2) is 6.07 Å². The summed E-state index contributed by atoms with van der Waals surface area (Å²) in [4.78, 5) is 8.53. The molecule has 5 heteroatoms. The summed E-state index contributed by atoms with van der Waals surface area (Å²) >= 11 is 0. The van der Waals surface area contributed by atoms with Crippen molar-refractivity contribution in [3.05, 3.63) is 11.9 Å². The van der Waals surface area contributed by atoms with Gasteiger partial charge >= 0.3 is 0 Å². The van der Waals surface area contributed by atoms with Crippen molar-refractivity contribution < 1.29 is 9.84 Å². The minimum atomic E-state index is -0.287. The van der Waals surface area contributed by atoms with Crippen molar-refractivity contribution in [3.8, 4) is 5.88 Å². The van der Waals surface area contributed by atoms with E-state index in [0.29, 0.717) is 18.3 Å². The number of anilines is 1. The summed E-state index contributed by atoms with van der Waals surface area (Å²) in [6.07, 6.45) is 3.81. The van der Waals surface area contributed by atoms with Gasteiger partial charge in [0.25, 0.3) is 0 Å². The molecule has 2 unspecified atom stereocenters. The molecule has 2 N–H and O–H groups in total. The lowest BCUT2D eigenvalue weighted by atomic mass is 9.93. The van der Waals surface area contributed by atoms with Gasteiger partial charge < -0.3 is 15.2 Å². The Kier molecular flexibility index (Phi) is 4.36. The Morgan fingerprint density at radius 3 is 2.89 bits per heavy atom. The van der Waals surface area contributed by atoms with Gasteiger partial charge in [0.1, 0.15) is 11.6 Å². The van der Waals surface area contributed by atoms with E-state index < -0.39 is 0 Å². The minimum Gasteiger partial charge on any atom is -0.478 e. The van der Waals surface area contributed by atoms with Gasteiger partial charge in [-0.05, 0) is 26.7 Å². The molecule has 2 rings (SSSR count). The molecule has 1 saturated carbocycles. The fourth-order valence-corrected chi connectivity index (χ4v) is 2.31. The monoisotopic (exact) mass is 251 g/mol. The Morgan fingerprint density at radius 2 is 2.17 bits per heavy atom. The first-order chi connectivity index (χ1) is 8.69. The predicted octanol–water partition coefficient (Wildman–Crippen LogP) is 1.90. The zero-order valence-corrected chi connectivity index (χ0v) is 11.0. The van der Waals surface area contributed by atoms with E-state index in [1.807, 2.05) is 13.8 Å². The summed E-state index contributed by atoms with van der Waals surface area (Å²) < 4.78 is 5.39. The van der Waals surface area contributed by atoms with Crippen molar-refractivity contribution >= 4 is 5.82 Å². The first kappa shape index (κ1) is 13.1. The highest BCUT2D eigenvalue weighted by Gasteiger charge is 2.23. The summed E-state index contributed by atoms with van der Waals surface area (Å²) in [5, 5.41) is 13.2. The Hall–Kier alpha value is -1.36. The number of hydrogen-bond donors (Lipinski definition) is 2. The van der Waals surface area contributed by atoms with E-state index in [9.17, 15) is 5.11 Å². The minimum absolute atomic E-state index is 0.0857. The van der Waals surface area contributed by atoms with E-state index in [4.69, 9.17) is 4.74 Å². The van der Waals surface area contributed by atoms with Crippen LogP contribution in [0.4, 0.5) is 5.82 Å². The molecule has 1 fully saturated rings. The number of aliphatic hydroxyl groups is 1. The van der Waals surface area contributed by atoms with Gasteiger partial charge in [0, 0.05) is 6.07 Å². The Bertz CT molecular complexity index is 398. The van der Waals surface area contributed by atoms with Gasteiger partial charge in [0.05, 0.1) is 18.8 Å². The molecule has 1 aromatic rings. The lowest BCUT2D eigenvalue weighted by Gasteiger charge is -2.28. The first-order valence-electron chi connectivity index (χ1n) is 6.62. The number of rotatable bonds is 4. The van der Waals surface area contributed by atoms with Crippen LogP contribution in [0.2, 0.25) is 0 Å². The second-order valence-electron chi connectivity index (χ2n) is 4.67. The van der Waals surface area contributed by atoms with E-state index >= 15 is 0 Å². The van der Waals surface area contributed by atoms with Crippen molar-refractivity contribution in [1.29, 1.82) is 0 Å². The van der Waals surface area contributed by atoms with Crippen LogP contribution in [0.25, 0.3) is 0 Å². The largest absolute Gasteiger partial charge is 0.478 e. The number of nitrogens with one attached hydrogen (secondary N) is 1. The standard InChI is InChI=1S/C13H21N3O2/c1-3-18-13-8-12(14-9(2)15-13)16-10-6-4-5-7-11(10)17/h8,10-11,17H,3-7H2,1-2H3,(H,14,15,16). The maximum Gasteiger partial charge on any atom is 0.218 e. The summed E-state index contributed by atoms with van der Waals surface area (Å²) in [7, 11) is 0. The molecule has 0 saturated heterocycles. The normalized spacial score (nSPS) is 23.7. The molecule has 0 bridgehead atoms. The Labute approximate surface area is 108 Å². The first-order valence-corrected chi connectivity index (χ1v) is 6.62. The van der Waals surface area contributed by atoms with Crippen LogP contribution in [0.3, 0.4) is 0 Å². The number of aryl methyl sites for hydroxylation is 1. The third kappa shape index (κ3) is 3.32. The van der Waals surface area contributed by atoms with Crippen molar-refractivity contribution in [2.45, 2.75) is 51.7 Å². The van der Waals surface area contributed by atoms with E-state index in [1.54, 1.807) is 6.07 Å². The zero-order valence-electron chi connectivity index (χ0n) is 11.0. The van der Waals surface area contributed by atoms with E-state index in [2.05, 4.69) is 15.3 Å². The third-order valence-corrected chi connectivity index (χ3v) is 3.17. The topological polar surface area (TPSA) is 67.3 Å². The highest BCUT2D eigenvalue weighted by molar-refractivity contribution is 5.39. The van der Waals surface area contributed by atoms with Crippen molar-refractivity contribution in [1.82, 2.24) is 9.97 Å². The van der Waals surface area contributed by atoms with E-state index in [1.165, 1.54) is 0 Å². The van der Waals surface area contributed by atoms with Crippen LogP contribution in [-0.4, -0.2) is 33.8 Å². The predicted molar refractivity (Wildman–Crippen MR) is 69.8 cm³/mol. The molecule has 1 heterocycles. The number of ether oxygens (including phenoxy) is 1. The molecule has 5 nitrogen and oxygen atoms in total. The van der Waals surface area contributed by atoms with E-state index in [-0.39, 0.29) is 12.1 Å². The van der Waals surface area contributed by atoms with Crippen LogP contribution in [0.1, 0.15) is 38.4 Å². The number of nitrogens with zero attached hydrogens (tertiary/aromatic N) is 2. The lowest BCUT2D eigenvalue weighted by molar-refractivity contribution is 0.116. The third-order valence-electron chi connectivity index (χ3n) is 3.17. The van der Waals surface area contributed by atoms with Crippen LogP contribution in [0.5, 0.6) is 5.88 Å². The van der Waals surface area contributed by atoms with Crippen molar-refractivity contribution in [2.75, 3.05) is 11.9 Å². The molecule has 0 aromatic carbocycles. The second-order valence-corrected chi connectivity index (χ2v) is 4.67. The Morgan fingerprint density at radius 1 is 1.39 bits per heavy atom. The molecular weight excluding hydrogens is 230 g/mol. The smallest absolute Gasteiger partial charge is 0.218 e. The summed E-state index contributed by atoms with van der Waals surface area (Å²) in [5.74, 6) is 1.99. The van der Waals surface area contributed by atoms with Crippen molar-refractivity contribution in [2.24, 2.45) is 0 Å². The second kappa shape index (κ2) is 6.00. The van der Waals surface area contributed by atoms with Crippen molar-refractivity contribution in [3.63, 3.8) is 0 Å². The molecular formula is C13H21N3O2. The number of aliphatic hydroxyl groups excluding tert-OH is 1. The fraction of sp³-hybridized carbons (Fsp3) is 0.692. The molecule has 2 atom stereocenters. The van der Waals surface area contributed by atoms with Gasteiger partial charge in [-0.25, -0.2) is 4.98 Å². The molecule has 1 aliphatic carbocycles. The van der Waals surface area contributed by atoms with Gasteiger partial charge in [0.2, 0.25) is 5.88 Å². The highest BCUT2D eigenvalue weighted by atomic mass is 16.5. The Balaban J connectivity index is 2.07. The van der Waals surface area contributed by atoms with Crippen LogP contribution in [-0.2, 0) is 0 Å². The summed E-state index contributed by atoms with van der Waals surface area (Å²) in [6, 6.07) is 1.88. The quantitative estimate of drug-likeness (QED) is 0.855. The maximum atomic E-state index is 9.94. The van der Waals surface area contributed by atoms with E-state index in [0.717, 1.165) is 31.5 Å². The van der Waals surface area contributed by atoms with Crippen LogP contribution < -0.4 is 10.1 Å². The number of hydrogen-bond acceptors (Lipinski definition) is 5. The fourth-order valence-electron chi connectivity index (χ4n) is 2.31. The van der Waals surface area contributed by atoms with Gasteiger partial charge in [0.15, 0.2) is 0 Å². The SMILES string of the molecule is CCOc1cc(NC2CCCCC2O)nc(C)n1.